The maximum atomic E-state index is 5.96. The molecule has 0 bridgehead atoms. The van der Waals surface area contributed by atoms with Gasteiger partial charge in [-0.05, 0) is 62.3 Å². The van der Waals surface area contributed by atoms with Gasteiger partial charge < -0.3 is 15.0 Å². The van der Waals surface area contributed by atoms with Gasteiger partial charge in [0, 0.05) is 19.2 Å². The number of ether oxygens (including phenoxy) is 1. The molecule has 0 radical (unpaired) electrons. The lowest BCUT2D eigenvalue weighted by Gasteiger charge is -2.31. The number of nitrogens with one attached hydrogen (secondary N) is 1. The Kier molecular flexibility index (Phi) is 5.73. The quantitative estimate of drug-likeness (QED) is 0.467. The van der Waals surface area contributed by atoms with E-state index >= 15 is 0 Å². The van der Waals surface area contributed by atoms with E-state index in [4.69, 9.17) is 9.84 Å². The topological polar surface area (TPSA) is 68.1 Å². The van der Waals surface area contributed by atoms with E-state index in [1.165, 1.54) is 6.42 Å². The Morgan fingerprint density at radius 3 is 2.56 bits per heavy atom. The van der Waals surface area contributed by atoms with Crippen LogP contribution < -0.4 is 10.1 Å². The number of piperidine rings is 1. The van der Waals surface area contributed by atoms with Crippen molar-refractivity contribution in [1.82, 2.24) is 24.6 Å². The first kappa shape index (κ1) is 20.5. The third-order valence-electron chi connectivity index (χ3n) is 6.11. The summed E-state index contributed by atoms with van der Waals surface area (Å²) < 4.78 is 8.07. The molecular weight excluding hydrogens is 400 g/mol. The Morgan fingerprint density at radius 2 is 1.81 bits per heavy atom. The lowest BCUT2D eigenvalue weighted by atomic mass is 10.1. The molecule has 1 unspecified atom stereocenters. The van der Waals surface area contributed by atoms with Gasteiger partial charge in [0.1, 0.15) is 29.3 Å². The third kappa shape index (κ3) is 3.91. The number of benzene rings is 2. The van der Waals surface area contributed by atoms with Crippen LogP contribution in [0.2, 0.25) is 0 Å². The van der Waals surface area contributed by atoms with Crippen molar-refractivity contribution in [2.75, 3.05) is 32.0 Å². The molecule has 1 atom stereocenters. The average molecular weight is 429 g/mol. The lowest BCUT2D eigenvalue weighted by Crippen LogP contribution is -2.36. The molecular formula is C25H28N6O. The summed E-state index contributed by atoms with van der Waals surface area (Å²) in [6.07, 6.45) is 3.90. The van der Waals surface area contributed by atoms with Crippen LogP contribution in [0.4, 0.5) is 5.82 Å². The highest BCUT2D eigenvalue weighted by Crippen LogP contribution is 2.35. The fourth-order valence-corrected chi connectivity index (χ4v) is 4.44. The fraction of sp³-hybridized carbons (Fsp3) is 0.320. The van der Waals surface area contributed by atoms with E-state index in [0.29, 0.717) is 6.04 Å². The molecule has 7 heteroatoms. The van der Waals surface area contributed by atoms with Gasteiger partial charge in [-0.3, -0.25) is 0 Å². The molecule has 1 saturated heterocycles. The molecule has 0 spiro atoms. The Hall–Kier alpha value is -3.45. The maximum Gasteiger partial charge on any atom is 0.164 e. The molecule has 2 aromatic carbocycles. The highest BCUT2D eigenvalue weighted by atomic mass is 16.5. The van der Waals surface area contributed by atoms with Gasteiger partial charge in [-0.15, -0.1) is 0 Å². The minimum absolute atomic E-state index is 0.306. The van der Waals surface area contributed by atoms with Crippen molar-refractivity contribution in [1.29, 1.82) is 0 Å². The Balaban J connectivity index is 1.53. The van der Waals surface area contributed by atoms with Crippen molar-refractivity contribution >= 4 is 16.9 Å². The summed E-state index contributed by atoms with van der Waals surface area (Å²) in [5, 5.41) is 9.26. The fourth-order valence-electron chi connectivity index (χ4n) is 4.44. The first-order valence-corrected chi connectivity index (χ1v) is 11.2. The molecule has 4 aromatic rings. The Morgan fingerprint density at radius 1 is 1.03 bits per heavy atom. The number of fused-ring (bicyclic) bond motifs is 1. The van der Waals surface area contributed by atoms with Crippen LogP contribution in [0.25, 0.3) is 22.3 Å². The van der Waals surface area contributed by atoms with Gasteiger partial charge in [-0.1, -0.05) is 25.1 Å². The van der Waals surface area contributed by atoms with Crippen LogP contribution in [0.5, 0.6) is 11.5 Å². The molecule has 1 aliphatic heterocycles. The predicted octanol–water partition coefficient (Wildman–Crippen LogP) is 4.98. The van der Waals surface area contributed by atoms with E-state index in [1.807, 2.05) is 49.5 Å². The van der Waals surface area contributed by atoms with Gasteiger partial charge in [-0.25, -0.2) is 14.6 Å². The van der Waals surface area contributed by atoms with E-state index in [-0.39, 0.29) is 0 Å². The molecule has 3 heterocycles. The van der Waals surface area contributed by atoms with E-state index in [2.05, 4.69) is 43.9 Å². The number of likely N-dealkylation sites (N-methyl/N-ethyl adjacent to an activating group) is 1. The summed E-state index contributed by atoms with van der Waals surface area (Å²) in [5.41, 5.74) is 2.79. The number of nitrogens with zero attached hydrogens (tertiary/aromatic N) is 5. The van der Waals surface area contributed by atoms with Gasteiger partial charge in [0.05, 0.1) is 11.4 Å². The molecule has 2 aromatic heterocycles. The van der Waals surface area contributed by atoms with Crippen molar-refractivity contribution in [3.05, 3.63) is 60.9 Å². The Bertz CT molecular complexity index is 1190. The number of likely N-dealkylation sites (tertiary alicyclic amines) is 1. The first-order chi connectivity index (χ1) is 15.8. The lowest BCUT2D eigenvalue weighted by molar-refractivity contribution is 0.180. The van der Waals surface area contributed by atoms with Crippen LogP contribution >= 0.6 is 0 Å². The van der Waals surface area contributed by atoms with Crippen molar-refractivity contribution in [3.63, 3.8) is 0 Å². The molecule has 32 heavy (non-hydrogen) atoms. The molecule has 5 rings (SSSR count). The van der Waals surface area contributed by atoms with E-state index in [1.54, 1.807) is 6.33 Å². The molecule has 0 saturated carbocycles. The standard InChI is InChI=1S/C25H28N6O/c1-3-30-15-7-8-19(16-30)31-25-22(24(26-2)27-17-28-25)23(29-31)18-11-13-21(14-12-18)32-20-9-5-4-6-10-20/h4-6,9-14,17,19H,3,7-8,15-16H2,1-2H3,(H,26,27,28). The molecule has 1 N–H and O–H groups in total. The second-order valence-electron chi connectivity index (χ2n) is 8.09. The summed E-state index contributed by atoms with van der Waals surface area (Å²) in [5.74, 6) is 2.40. The summed E-state index contributed by atoms with van der Waals surface area (Å²) in [6, 6.07) is 18.2. The molecule has 164 valence electrons. The second kappa shape index (κ2) is 8.96. The van der Waals surface area contributed by atoms with Gasteiger partial charge in [0.2, 0.25) is 0 Å². The van der Waals surface area contributed by atoms with Crippen LogP contribution in [0.3, 0.4) is 0 Å². The van der Waals surface area contributed by atoms with Crippen molar-refractivity contribution < 1.29 is 4.74 Å². The molecule has 1 aliphatic rings. The summed E-state index contributed by atoms with van der Waals surface area (Å²) in [4.78, 5) is 11.6. The number of rotatable bonds is 6. The number of hydrogen-bond donors (Lipinski definition) is 1. The van der Waals surface area contributed by atoms with Gasteiger partial charge in [0.25, 0.3) is 0 Å². The van der Waals surface area contributed by atoms with E-state index < -0.39 is 0 Å². The first-order valence-electron chi connectivity index (χ1n) is 11.2. The van der Waals surface area contributed by atoms with E-state index in [9.17, 15) is 0 Å². The molecule has 1 fully saturated rings. The molecule has 0 amide bonds. The number of para-hydroxylation sites is 1. The van der Waals surface area contributed by atoms with Gasteiger partial charge in [0.15, 0.2) is 5.65 Å². The van der Waals surface area contributed by atoms with Crippen molar-refractivity contribution in [3.8, 4) is 22.8 Å². The normalized spacial score (nSPS) is 16.9. The Labute approximate surface area is 188 Å². The van der Waals surface area contributed by atoms with Crippen LogP contribution in [0, 0.1) is 0 Å². The average Bonchev–Trinajstić information content (AvgIpc) is 3.25. The summed E-state index contributed by atoms with van der Waals surface area (Å²) in [6.45, 7) is 5.42. The minimum atomic E-state index is 0.306. The summed E-state index contributed by atoms with van der Waals surface area (Å²) in [7, 11) is 1.89. The van der Waals surface area contributed by atoms with Crippen molar-refractivity contribution in [2.45, 2.75) is 25.8 Å². The minimum Gasteiger partial charge on any atom is -0.457 e. The molecule has 7 nitrogen and oxygen atoms in total. The highest BCUT2D eigenvalue weighted by molar-refractivity contribution is 5.99. The predicted molar refractivity (Wildman–Crippen MR) is 127 cm³/mol. The third-order valence-corrected chi connectivity index (χ3v) is 6.11. The zero-order valence-electron chi connectivity index (χ0n) is 18.5. The van der Waals surface area contributed by atoms with Crippen molar-refractivity contribution in [2.24, 2.45) is 0 Å². The number of anilines is 1. The largest absolute Gasteiger partial charge is 0.457 e. The zero-order chi connectivity index (χ0) is 21.9. The van der Waals surface area contributed by atoms with Crippen LogP contribution in [-0.2, 0) is 0 Å². The van der Waals surface area contributed by atoms with Crippen LogP contribution in [0.15, 0.2) is 60.9 Å². The van der Waals surface area contributed by atoms with Crippen LogP contribution in [-0.4, -0.2) is 51.3 Å². The zero-order valence-corrected chi connectivity index (χ0v) is 18.5. The molecule has 0 aliphatic carbocycles. The van der Waals surface area contributed by atoms with E-state index in [0.717, 1.165) is 65.7 Å². The SMILES string of the molecule is CCN1CCCC(n2nc(-c3ccc(Oc4ccccc4)cc3)c3c(NC)ncnc32)C1. The monoisotopic (exact) mass is 428 g/mol. The highest BCUT2D eigenvalue weighted by Gasteiger charge is 2.26. The van der Waals surface area contributed by atoms with Crippen LogP contribution in [0.1, 0.15) is 25.8 Å². The second-order valence-corrected chi connectivity index (χ2v) is 8.09. The number of aromatic nitrogens is 4. The van der Waals surface area contributed by atoms with Gasteiger partial charge in [-0.2, -0.15) is 5.10 Å². The summed E-state index contributed by atoms with van der Waals surface area (Å²) >= 11 is 0. The van der Waals surface area contributed by atoms with Gasteiger partial charge >= 0.3 is 0 Å². The number of hydrogen-bond acceptors (Lipinski definition) is 6. The smallest absolute Gasteiger partial charge is 0.164 e. The maximum absolute atomic E-state index is 5.96.